The molecule has 170 valence electrons. The van der Waals surface area contributed by atoms with Crippen molar-refractivity contribution < 1.29 is 23.9 Å². The summed E-state index contributed by atoms with van der Waals surface area (Å²) in [7, 11) is 1.54. The number of amides is 2. The number of ether oxygens (including phenoxy) is 2. The predicted octanol–water partition coefficient (Wildman–Crippen LogP) is 2.67. The Morgan fingerprint density at radius 2 is 2.00 bits per heavy atom. The van der Waals surface area contributed by atoms with Crippen LogP contribution in [0.4, 0.5) is 0 Å². The lowest BCUT2D eigenvalue weighted by Crippen LogP contribution is -2.37. The number of carbonyl (C=O) groups is 2. The Morgan fingerprint density at radius 1 is 1.19 bits per heavy atom. The summed E-state index contributed by atoms with van der Waals surface area (Å²) in [5, 5.41) is 1.49. The lowest BCUT2D eigenvalue weighted by molar-refractivity contribution is -0.183. The van der Waals surface area contributed by atoms with Crippen LogP contribution in [0.5, 0.6) is 11.6 Å². The summed E-state index contributed by atoms with van der Waals surface area (Å²) in [5.74, 6) is 0.859. The van der Waals surface area contributed by atoms with Gasteiger partial charge >= 0.3 is 0 Å². The minimum absolute atomic E-state index is 0.00523. The Hall–Kier alpha value is -3.20. The Kier molecular flexibility index (Phi) is 6.84. The van der Waals surface area contributed by atoms with Crippen LogP contribution in [-0.2, 0) is 9.63 Å². The molecule has 1 aliphatic carbocycles. The SMILES string of the molecule is COc1cncc([C@@H]2CCON2C(=O)C2CCC(COc3cccc(C(N)=O)c3)CC2)n1. The highest BCUT2D eigenvalue weighted by Gasteiger charge is 2.38. The zero-order chi connectivity index (χ0) is 22.5. The summed E-state index contributed by atoms with van der Waals surface area (Å²) in [4.78, 5) is 38.8. The first-order chi connectivity index (χ1) is 15.5. The number of benzene rings is 1. The highest BCUT2D eigenvalue weighted by atomic mass is 16.7. The molecule has 1 aromatic heterocycles. The van der Waals surface area contributed by atoms with E-state index in [2.05, 4.69) is 9.97 Å². The summed E-state index contributed by atoms with van der Waals surface area (Å²) in [6, 6.07) is 6.64. The van der Waals surface area contributed by atoms with Gasteiger partial charge in [0.15, 0.2) is 0 Å². The van der Waals surface area contributed by atoms with Crippen LogP contribution < -0.4 is 15.2 Å². The predicted molar refractivity (Wildman–Crippen MR) is 115 cm³/mol. The van der Waals surface area contributed by atoms with Crippen molar-refractivity contribution in [1.82, 2.24) is 15.0 Å². The van der Waals surface area contributed by atoms with E-state index in [9.17, 15) is 9.59 Å². The molecule has 2 amide bonds. The van der Waals surface area contributed by atoms with Crippen LogP contribution in [0.15, 0.2) is 36.7 Å². The van der Waals surface area contributed by atoms with Crippen molar-refractivity contribution >= 4 is 11.8 Å². The van der Waals surface area contributed by atoms with Crippen molar-refractivity contribution in [2.75, 3.05) is 20.3 Å². The first-order valence-electron chi connectivity index (χ1n) is 10.9. The molecule has 32 heavy (non-hydrogen) atoms. The molecular weight excluding hydrogens is 412 g/mol. The Labute approximate surface area is 186 Å². The molecule has 0 unspecified atom stereocenters. The van der Waals surface area contributed by atoms with Gasteiger partial charge in [-0.3, -0.25) is 19.4 Å². The molecule has 9 heteroatoms. The molecule has 0 spiro atoms. The van der Waals surface area contributed by atoms with Crippen molar-refractivity contribution in [1.29, 1.82) is 0 Å². The second-order valence-electron chi connectivity index (χ2n) is 8.21. The van der Waals surface area contributed by atoms with E-state index in [1.807, 2.05) is 6.07 Å². The van der Waals surface area contributed by atoms with E-state index in [1.165, 1.54) is 5.06 Å². The van der Waals surface area contributed by atoms with Gasteiger partial charge in [0.25, 0.3) is 0 Å². The van der Waals surface area contributed by atoms with Gasteiger partial charge in [-0.1, -0.05) is 6.07 Å². The second kappa shape index (κ2) is 9.95. The molecule has 1 atom stereocenters. The standard InChI is InChI=1S/C23H28N4O5/c1-30-21-13-25-12-19(26-21)20-9-10-32-27(20)23(29)16-7-5-15(6-8-16)14-31-18-4-2-3-17(11-18)22(24)28/h2-4,11-13,15-16,20H,5-10,14H2,1H3,(H2,24,28)/t15?,16?,20-/m0/s1. The number of aromatic nitrogens is 2. The van der Waals surface area contributed by atoms with Crippen LogP contribution in [0.25, 0.3) is 0 Å². The van der Waals surface area contributed by atoms with Gasteiger partial charge in [0.05, 0.1) is 38.4 Å². The van der Waals surface area contributed by atoms with E-state index in [1.54, 1.807) is 37.7 Å². The number of hydroxylamine groups is 2. The third kappa shape index (κ3) is 4.99. The molecular formula is C23H28N4O5. The van der Waals surface area contributed by atoms with Gasteiger partial charge in [0.2, 0.25) is 17.7 Å². The van der Waals surface area contributed by atoms with E-state index < -0.39 is 5.91 Å². The molecule has 0 radical (unpaired) electrons. The smallest absolute Gasteiger partial charge is 0.249 e. The Bertz CT molecular complexity index is 961. The highest BCUT2D eigenvalue weighted by Crippen LogP contribution is 2.36. The highest BCUT2D eigenvalue weighted by molar-refractivity contribution is 5.93. The first-order valence-corrected chi connectivity index (χ1v) is 10.9. The van der Waals surface area contributed by atoms with Crippen LogP contribution in [0, 0.1) is 11.8 Å². The lowest BCUT2D eigenvalue weighted by atomic mass is 9.81. The maximum atomic E-state index is 13.2. The van der Waals surface area contributed by atoms with E-state index in [0.29, 0.717) is 48.4 Å². The number of hydrogen-bond acceptors (Lipinski definition) is 7. The molecule has 4 rings (SSSR count). The first kappa shape index (κ1) is 22.0. The number of nitrogens with two attached hydrogens (primary N) is 1. The van der Waals surface area contributed by atoms with Crippen molar-refractivity contribution in [2.45, 2.75) is 38.1 Å². The fraction of sp³-hybridized carbons (Fsp3) is 0.478. The molecule has 2 heterocycles. The minimum Gasteiger partial charge on any atom is -0.493 e. The van der Waals surface area contributed by atoms with Crippen molar-refractivity contribution in [3.05, 3.63) is 47.9 Å². The zero-order valence-corrected chi connectivity index (χ0v) is 18.1. The maximum Gasteiger partial charge on any atom is 0.249 e. The van der Waals surface area contributed by atoms with Crippen LogP contribution in [0.3, 0.4) is 0 Å². The van der Waals surface area contributed by atoms with Crippen LogP contribution in [0.2, 0.25) is 0 Å². The third-order valence-corrected chi connectivity index (χ3v) is 6.10. The molecule has 2 aromatic rings. The molecule has 1 saturated heterocycles. The molecule has 1 aromatic carbocycles. The molecule has 2 fully saturated rings. The fourth-order valence-electron chi connectivity index (χ4n) is 4.29. The summed E-state index contributed by atoms with van der Waals surface area (Å²) in [6.45, 7) is 1.02. The molecule has 1 saturated carbocycles. The van der Waals surface area contributed by atoms with Crippen molar-refractivity contribution in [3.8, 4) is 11.6 Å². The van der Waals surface area contributed by atoms with E-state index >= 15 is 0 Å². The summed E-state index contributed by atoms with van der Waals surface area (Å²) in [5.41, 5.74) is 6.43. The maximum absolute atomic E-state index is 13.2. The van der Waals surface area contributed by atoms with Gasteiger partial charge in [-0.25, -0.2) is 10.0 Å². The van der Waals surface area contributed by atoms with Crippen LogP contribution in [0.1, 0.15) is 54.2 Å². The number of nitrogens with zero attached hydrogens (tertiary/aromatic N) is 3. The molecule has 2 N–H and O–H groups in total. The van der Waals surface area contributed by atoms with Gasteiger partial charge in [0.1, 0.15) is 11.8 Å². The van der Waals surface area contributed by atoms with Crippen molar-refractivity contribution in [2.24, 2.45) is 17.6 Å². The molecule has 0 bridgehead atoms. The Morgan fingerprint density at radius 3 is 2.75 bits per heavy atom. The van der Waals surface area contributed by atoms with E-state index in [-0.39, 0.29) is 17.9 Å². The van der Waals surface area contributed by atoms with Gasteiger partial charge in [0, 0.05) is 17.9 Å². The Balaban J connectivity index is 1.30. The quantitative estimate of drug-likeness (QED) is 0.703. The van der Waals surface area contributed by atoms with Gasteiger partial charge in [-0.2, -0.15) is 0 Å². The summed E-state index contributed by atoms with van der Waals surface area (Å²) in [6.07, 6.45) is 7.23. The number of carbonyl (C=O) groups excluding carboxylic acids is 2. The van der Waals surface area contributed by atoms with Crippen LogP contribution >= 0.6 is 0 Å². The number of primary amides is 1. The average Bonchev–Trinajstić information content (AvgIpc) is 3.33. The summed E-state index contributed by atoms with van der Waals surface area (Å²) >= 11 is 0. The third-order valence-electron chi connectivity index (χ3n) is 6.10. The second-order valence-corrected chi connectivity index (χ2v) is 8.21. The van der Waals surface area contributed by atoms with E-state index in [4.69, 9.17) is 20.0 Å². The molecule has 2 aliphatic rings. The average molecular weight is 441 g/mol. The normalized spacial score (nSPS) is 23.0. The van der Waals surface area contributed by atoms with Crippen LogP contribution in [-0.4, -0.2) is 47.2 Å². The van der Waals surface area contributed by atoms with Gasteiger partial charge < -0.3 is 15.2 Å². The van der Waals surface area contributed by atoms with Gasteiger partial charge in [-0.05, 0) is 49.8 Å². The van der Waals surface area contributed by atoms with Crippen molar-refractivity contribution in [3.63, 3.8) is 0 Å². The topological polar surface area (TPSA) is 117 Å². The number of methoxy groups -OCH3 is 1. The monoisotopic (exact) mass is 440 g/mol. The minimum atomic E-state index is -0.475. The molecule has 1 aliphatic heterocycles. The molecule has 9 nitrogen and oxygen atoms in total. The number of hydrogen-bond donors (Lipinski definition) is 1. The largest absolute Gasteiger partial charge is 0.493 e. The summed E-state index contributed by atoms with van der Waals surface area (Å²) < 4.78 is 11.0. The van der Waals surface area contributed by atoms with Gasteiger partial charge in [-0.15, -0.1) is 0 Å². The van der Waals surface area contributed by atoms with E-state index in [0.717, 1.165) is 25.7 Å². The zero-order valence-electron chi connectivity index (χ0n) is 18.1. The fourth-order valence-corrected chi connectivity index (χ4v) is 4.29. The number of rotatable bonds is 7. The lowest BCUT2D eigenvalue weighted by Gasteiger charge is -2.31.